The van der Waals surface area contributed by atoms with Gasteiger partial charge in [0.2, 0.25) is 0 Å². The van der Waals surface area contributed by atoms with Crippen molar-refractivity contribution in [2.45, 2.75) is 18.4 Å². The second kappa shape index (κ2) is 8.75. The Bertz CT molecular complexity index is 1570. The van der Waals surface area contributed by atoms with Gasteiger partial charge in [-0.3, -0.25) is 4.68 Å². The van der Waals surface area contributed by atoms with E-state index in [0.29, 0.717) is 29.0 Å². The van der Waals surface area contributed by atoms with E-state index in [-0.39, 0.29) is 13.0 Å². The number of fused-ring (bicyclic) bond motifs is 2. The number of hydrogen-bond donors (Lipinski definition) is 1. The molecule has 5 aromatic rings. The maximum absolute atomic E-state index is 15.0. The predicted molar refractivity (Wildman–Crippen MR) is 136 cm³/mol. The summed E-state index contributed by atoms with van der Waals surface area (Å²) in [5, 5.41) is 8.12. The zero-order chi connectivity index (χ0) is 24.9. The van der Waals surface area contributed by atoms with Crippen LogP contribution in [0.15, 0.2) is 54.6 Å². The van der Waals surface area contributed by atoms with Crippen LogP contribution in [-0.4, -0.2) is 61.8 Å². The predicted octanol–water partition coefficient (Wildman–Crippen LogP) is 5.10. The SMILES string of the molecule is CN1CCC(Oc2cc(-c3cnn(C)c3)cc3ncnc(Nc4ccc5ncsc5c4)c23)C(F)(F)C1. The first kappa shape index (κ1) is 22.7. The van der Waals surface area contributed by atoms with Crippen molar-refractivity contribution in [1.29, 1.82) is 0 Å². The molecule has 1 N–H and O–H groups in total. The average Bonchev–Trinajstić information content (AvgIpc) is 3.49. The van der Waals surface area contributed by atoms with Crippen LogP contribution in [0.5, 0.6) is 5.75 Å². The summed E-state index contributed by atoms with van der Waals surface area (Å²) >= 11 is 1.54. The van der Waals surface area contributed by atoms with E-state index in [0.717, 1.165) is 27.0 Å². The highest BCUT2D eigenvalue weighted by Gasteiger charge is 2.45. The van der Waals surface area contributed by atoms with E-state index in [4.69, 9.17) is 4.74 Å². The molecule has 8 nitrogen and oxygen atoms in total. The summed E-state index contributed by atoms with van der Waals surface area (Å²) in [6, 6.07) is 9.48. The van der Waals surface area contributed by atoms with Crippen molar-refractivity contribution in [3.8, 4) is 16.9 Å². The fraction of sp³-hybridized carbons (Fsp3) is 0.280. The number of likely N-dealkylation sites (tertiary alicyclic amines) is 1. The standard InChI is InChI=1S/C25H23F2N7OS/c1-33-6-5-22(25(26,27)12-33)35-20-8-15(16-10-31-34(2)11-16)7-19-23(20)24(29-13-28-19)32-17-3-4-18-21(9-17)36-14-30-18/h3-4,7-11,13-14,22H,5-6,12H2,1-2H3,(H,28,29,32). The number of nitrogens with one attached hydrogen (secondary N) is 1. The monoisotopic (exact) mass is 507 g/mol. The molecule has 0 aliphatic carbocycles. The van der Waals surface area contributed by atoms with E-state index in [9.17, 15) is 8.78 Å². The third-order valence-electron chi connectivity index (χ3n) is 6.33. The Hall–Kier alpha value is -3.70. The summed E-state index contributed by atoms with van der Waals surface area (Å²) in [6.07, 6.45) is 3.99. The van der Waals surface area contributed by atoms with E-state index < -0.39 is 12.0 Å². The minimum atomic E-state index is -3.00. The van der Waals surface area contributed by atoms with Gasteiger partial charge in [-0.2, -0.15) is 5.10 Å². The van der Waals surface area contributed by atoms with Crippen LogP contribution >= 0.6 is 11.3 Å². The molecule has 3 aromatic heterocycles. The van der Waals surface area contributed by atoms with E-state index in [1.165, 1.54) is 17.7 Å². The molecule has 36 heavy (non-hydrogen) atoms. The molecule has 0 saturated carbocycles. The number of nitrogens with zero attached hydrogens (tertiary/aromatic N) is 6. The number of halogens is 2. The van der Waals surface area contributed by atoms with Gasteiger partial charge in [0.1, 0.15) is 17.9 Å². The number of thiazole rings is 1. The quantitative estimate of drug-likeness (QED) is 0.354. The molecule has 6 rings (SSSR count). The lowest BCUT2D eigenvalue weighted by Crippen LogP contribution is -2.52. The lowest BCUT2D eigenvalue weighted by atomic mass is 10.0. The molecule has 1 aliphatic heterocycles. The molecule has 2 aromatic carbocycles. The Labute approximate surface area is 209 Å². The number of benzene rings is 2. The lowest BCUT2D eigenvalue weighted by Gasteiger charge is -2.36. The van der Waals surface area contributed by atoms with Gasteiger partial charge >= 0.3 is 0 Å². The number of alkyl halides is 2. The van der Waals surface area contributed by atoms with Gasteiger partial charge in [-0.05, 0) is 42.9 Å². The molecule has 4 heterocycles. The van der Waals surface area contributed by atoms with Crippen molar-refractivity contribution in [2.24, 2.45) is 7.05 Å². The molecular formula is C25H23F2N7OS. The molecule has 0 amide bonds. The number of rotatable bonds is 5. The Morgan fingerprint density at radius 3 is 2.78 bits per heavy atom. The molecule has 184 valence electrons. The number of anilines is 2. The molecule has 1 aliphatic rings. The first-order valence-corrected chi connectivity index (χ1v) is 12.3. The van der Waals surface area contributed by atoms with Crippen LogP contribution < -0.4 is 10.1 Å². The zero-order valence-corrected chi connectivity index (χ0v) is 20.5. The molecular weight excluding hydrogens is 484 g/mol. The van der Waals surface area contributed by atoms with Crippen molar-refractivity contribution in [2.75, 3.05) is 25.5 Å². The van der Waals surface area contributed by atoms with Gasteiger partial charge in [-0.25, -0.2) is 23.7 Å². The normalized spacial score (nSPS) is 18.1. The Kier molecular flexibility index (Phi) is 5.53. The van der Waals surface area contributed by atoms with Crippen molar-refractivity contribution < 1.29 is 13.5 Å². The second-order valence-electron chi connectivity index (χ2n) is 9.05. The van der Waals surface area contributed by atoms with Gasteiger partial charge in [0, 0.05) is 37.5 Å². The van der Waals surface area contributed by atoms with Gasteiger partial charge < -0.3 is 15.0 Å². The molecule has 1 atom stereocenters. The summed E-state index contributed by atoms with van der Waals surface area (Å²) in [5.41, 5.74) is 5.70. The van der Waals surface area contributed by atoms with Gasteiger partial charge in [0.05, 0.1) is 39.4 Å². The van der Waals surface area contributed by atoms with E-state index in [1.807, 2.05) is 37.5 Å². The highest BCUT2D eigenvalue weighted by Crippen LogP contribution is 2.39. The highest BCUT2D eigenvalue weighted by molar-refractivity contribution is 7.16. The molecule has 11 heteroatoms. The van der Waals surface area contributed by atoms with Crippen molar-refractivity contribution in [3.63, 3.8) is 0 Å². The van der Waals surface area contributed by atoms with E-state index >= 15 is 0 Å². The fourth-order valence-corrected chi connectivity index (χ4v) is 5.25. The lowest BCUT2D eigenvalue weighted by molar-refractivity contribution is -0.134. The largest absolute Gasteiger partial charge is 0.483 e. The first-order valence-electron chi connectivity index (χ1n) is 11.5. The Morgan fingerprint density at radius 1 is 1.08 bits per heavy atom. The van der Waals surface area contributed by atoms with Gasteiger partial charge in [0.15, 0.2) is 6.10 Å². The van der Waals surface area contributed by atoms with Crippen LogP contribution in [0.25, 0.3) is 32.2 Å². The smallest absolute Gasteiger partial charge is 0.296 e. The van der Waals surface area contributed by atoms with Gasteiger partial charge in [-0.15, -0.1) is 11.3 Å². The molecule has 0 bridgehead atoms. The van der Waals surface area contributed by atoms with Crippen molar-refractivity contribution in [1.82, 2.24) is 29.6 Å². The summed E-state index contributed by atoms with van der Waals surface area (Å²) in [5.74, 6) is -2.21. The first-order chi connectivity index (χ1) is 17.4. The van der Waals surface area contributed by atoms with Crippen LogP contribution in [0.4, 0.5) is 20.3 Å². The zero-order valence-electron chi connectivity index (χ0n) is 19.7. The number of aryl methyl sites for hydroxylation is 1. The second-order valence-corrected chi connectivity index (χ2v) is 9.93. The number of piperidine rings is 1. The third kappa shape index (κ3) is 4.24. The van der Waals surface area contributed by atoms with Gasteiger partial charge in [-0.1, -0.05) is 0 Å². The minimum absolute atomic E-state index is 0.209. The Morgan fingerprint density at radius 2 is 1.97 bits per heavy atom. The van der Waals surface area contributed by atoms with Crippen molar-refractivity contribution in [3.05, 3.63) is 54.6 Å². The Balaban J connectivity index is 1.46. The highest BCUT2D eigenvalue weighted by atomic mass is 32.1. The maximum Gasteiger partial charge on any atom is 0.296 e. The van der Waals surface area contributed by atoms with Crippen molar-refractivity contribution >= 4 is 44.0 Å². The minimum Gasteiger partial charge on any atom is -0.483 e. The molecule has 1 fully saturated rings. The molecule has 0 spiro atoms. The number of ether oxygens (including phenoxy) is 1. The summed E-state index contributed by atoms with van der Waals surface area (Å²) < 4.78 is 38.8. The fourth-order valence-electron chi connectivity index (χ4n) is 4.54. The topological polar surface area (TPSA) is 81.0 Å². The number of aromatic nitrogens is 5. The van der Waals surface area contributed by atoms with E-state index in [1.54, 1.807) is 34.4 Å². The van der Waals surface area contributed by atoms with Gasteiger partial charge in [0.25, 0.3) is 5.92 Å². The maximum atomic E-state index is 15.0. The van der Waals surface area contributed by atoms with Crippen LogP contribution in [0.1, 0.15) is 6.42 Å². The summed E-state index contributed by atoms with van der Waals surface area (Å²) in [6.45, 7) is 0.172. The number of hydrogen-bond acceptors (Lipinski definition) is 8. The molecule has 0 radical (unpaired) electrons. The van der Waals surface area contributed by atoms with Crippen LogP contribution in [0.2, 0.25) is 0 Å². The third-order valence-corrected chi connectivity index (χ3v) is 7.12. The summed E-state index contributed by atoms with van der Waals surface area (Å²) in [4.78, 5) is 14.8. The van der Waals surface area contributed by atoms with Crippen LogP contribution in [0, 0.1) is 0 Å². The molecule has 1 saturated heterocycles. The average molecular weight is 508 g/mol. The van der Waals surface area contributed by atoms with Crippen LogP contribution in [-0.2, 0) is 7.05 Å². The molecule has 1 unspecified atom stereocenters. The van der Waals surface area contributed by atoms with Crippen LogP contribution in [0.3, 0.4) is 0 Å². The summed E-state index contributed by atoms with van der Waals surface area (Å²) in [7, 11) is 3.52. The van der Waals surface area contributed by atoms with E-state index in [2.05, 4.69) is 25.4 Å².